The Bertz CT molecular complexity index is 804. The first-order chi connectivity index (χ1) is 13.4. The molecule has 1 N–H and O–H groups in total. The molecule has 0 unspecified atom stereocenters. The summed E-state index contributed by atoms with van der Waals surface area (Å²) in [4.78, 5) is 25.4. The second kappa shape index (κ2) is 9.93. The molecule has 2 aromatic carbocycles. The van der Waals surface area contributed by atoms with Crippen molar-refractivity contribution >= 4 is 17.6 Å². The lowest BCUT2D eigenvalue weighted by Gasteiger charge is -2.24. The number of amides is 1. The third-order valence-corrected chi connectivity index (χ3v) is 4.90. The molecular formula is C23H29NO4. The maximum absolute atomic E-state index is 12.9. The number of aryl methyl sites for hydroxylation is 1. The number of ether oxygens (including phenoxy) is 2. The molecule has 28 heavy (non-hydrogen) atoms. The van der Waals surface area contributed by atoms with Gasteiger partial charge in [0, 0.05) is 0 Å². The van der Waals surface area contributed by atoms with E-state index in [0.29, 0.717) is 11.4 Å². The molecule has 0 saturated carbocycles. The first kappa shape index (κ1) is 21.5. The zero-order valence-corrected chi connectivity index (χ0v) is 17.2. The minimum atomic E-state index is -0.923. The molecule has 2 rings (SSSR count). The lowest BCUT2D eigenvalue weighted by Crippen LogP contribution is -2.33. The van der Waals surface area contributed by atoms with Crippen LogP contribution in [0.3, 0.4) is 0 Å². The van der Waals surface area contributed by atoms with Gasteiger partial charge < -0.3 is 14.8 Å². The van der Waals surface area contributed by atoms with Crippen LogP contribution in [-0.4, -0.2) is 25.1 Å². The van der Waals surface area contributed by atoms with Crippen LogP contribution in [0.2, 0.25) is 0 Å². The van der Waals surface area contributed by atoms with Crippen molar-refractivity contribution in [2.45, 2.75) is 46.1 Å². The maximum atomic E-state index is 12.9. The van der Waals surface area contributed by atoms with Crippen LogP contribution in [0.4, 0.5) is 5.69 Å². The Balaban J connectivity index is 2.11. The van der Waals surface area contributed by atoms with Crippen LogP contribution in [0, 0.1) is 12.8 Å². The van der Waals surface area contributed by atoms with Gasteiger partial charge in [-0.15, -0.1) is 0 Å². The molecule has 0 aliphatic rings. The molecule has 0 saturated heterocycles. The topological polar surface area (TPSA) is 64.6 Å². The predicted octanol–water partition coefficient (Wildman–Crippen LogP) is 4.70. The summed E-state index contributed by atoms with van der Waals surface area (Å²) in [5, 5.41) is 2.79. The van der Waals surface area contributed by atoms with E-state index >= 15 is 0 Å². The van der Waals surface area contributed by atoms with E-state index in [0.717, 1.165) is 17.5 Å². The van der Waals surface area contributed by atoms with Gasteiger partial charge in [-0.2, -0.15) is 0 Å². The van der Waals surface area contributed by atoms with Crippen LogP contribution in [0.1, 0.15) is 44.2 Å². The van der Waals surface area contributed by atoms with Crippen LogP contribution >= 0.6 is 0 Å². The molecule has 2 aromatic rings. The SMILES string of the molecule is CC[C@H](C)[C@@H](C(=O)O[C@@H](C)C(=O)Nc1cc(C)ccc1OC)c1ccccc1. The number of rotatable bonds is 8. The van der Waals surface area contributed by atoms with Gasteiger partial charge in [-0.1, -0.05) is 56.7 Å². The number of hydrogen-bond donors (Lipinski definition) is 1. The molecule has 0 bridgehead atoms. The highest BCUT2D eigenvalue weighted by molar-refractivity contribution is 5.96. The van der Waals surface area contributed by atoms with E-state index in [1.165, 1.54) is 0 Å². The Kier molecular flexibility index (Phi) is 7.61. The van der Waals surface area contributed by atoms with Crippen LogP contribution in [0.15, 0.2) is 48.5 Å². The normalized spacial score (nSPS) is 13.9. The van der Waals surface area contributed by atoms with Gasteiger partial charge in [0.25, 0.3) is 5.91 Å². The molecule has 0 aliphatic heterocycles. The van der Waals surface area contributed by atoms with Crippen molar-refractivity contribution in [1.82, 2.24) is 0 Å². The smallest absolute Gasteiger partial charge is 0.314 e. The molecule has 0 heterocycles. The first-order valence-corrected chi connectivity index (χ1v) is 9.58. The van der Waals surface area contributed by atoms with Crippen molar-refractivity contribution in [3.8, 4) is 5.75 Å². The zero-order valence-electron chi connectivity index (χ0n) is 17.2. The number of methoxy groups -OCH3 is 1. The van der Waals surface area contributed by atoms with E-state index in [2.05, 4.69) is 5.32 Å². The summed E-state index contributed by atoms with van der Waals surface area (Å²) < 4.78 is 10.8. The summed E-state index contributed by atoms with van der Waals surface area (Å²) in [5.41, 5.74) is 2.44. The number of nitrogens with one attached hydrogen (secondary N) is 1. The average Bonchev–Trinajstić information content (AvgIpc) is 2.68. The zero-order chi connectivity index (χ0) is 20.7. The van der Waals surface area contributed by atoms with Gasteiger partial charge >= 0.3 is 5.97 Å². The second-order valence-corrected chi connectivity index (χ2v) is 7.05. The van der Waals surface area contributed by atoms with Gasteiger partial charge in [0.2, 0.25) is 0 Å². The van der Waals surface area contributed by atoms with E-state index < -0.39 is 17.9 Å². The van der Waals surface area contributed by atoms with E-state index in [1.54, 1.807) is 20.1 Å². The third-order valence-electron chi connectivity index (χ3n) is 4.90. The first-order valence-electron chi connectivity index (χ1n) is 9.58. The van der Waals surface area contributed by atoms with Crippen LogP contribution in [0.5, 0.6) is 5.75 Å². The highest BCUT2D eigenvalue weighted by atomic mass is 16.5. The Hall–Kier alpha value is -2.82. The van der Waals surface area contributed by atoms with Gasteiger partial charge in [-0.05, 0) is 43.0 Å². The summed E-state index contributed by atoms with van der Waals surface area (Å²) >= 11 is 0. The summed E-state index contributed by atoms with van der Waals surface area (Å²) in [6, 6.07) is 15.0. The van der Waals surface area contributed by atoms with E-state index in [4.69, 9.17) is 9.47 Å². The van der Waals surface area contributed by atoms with Crippen molar-refractivity contribution in [3.63, 3.8) is 0 Å². The van der Waals surface area contributed by atoms with Crippen LogP contribution in [-0.2, 0) is 14.3 Å². The molecule has 0 fully saturated rings. The van der Waals surface area contributed by atoms with Crippen molar-refractivity contribution in [3.05, 3.63) is 59.7 Å². The lowest BCUT2D eigenvalue weighted by molar-refractivity contribution is -0.155. The van der Waals surface area contributed by atoms with Gasteiger partial charge in [0.05, 0.1) is 18.7 Å². The number of carbonyl (C=O) groups excluding carboxylic acids is 2. The Morgan fingerprint density at radius 3 is 2.36 bits per heavy atom. The van der Waals surface area contributed by atoms with E-state index in [-0.39, 0.29) is 11.9 Å². The largest absolute Gasteiger partial charge is 0.495 e. The fourth-order valence-corrected chi connectivity index (χ4v) is 3.05. The summed E-state index contributed by atoms with van der Waals surface area (Å²) in [6.45, 7) is 7.55. The molecule has 3 atom stereocenters. The van der Waals surface area contributed by atoms with Crippen molar-refractivity contribution in [1.29, 1.82) is 0 Å². The van der Waals surface area contributed by atoms with Crippen molar-refractivity contribution in [2.24, 2.45) is 5.92 Å². The van der Waals surface area contributed by atoms with Crippen molar-refractivity contribution < 1.29 is 19.1 Å². The molecule has 0 aromatic heterocycles. The number of esters is 1. The monoisotopic (exact) mass is 383 g/mol. The Morgan fingerprint density at radius 2 is 1.75 bits per heavy atom. The molecule has 0 radical (unpaired) electrons. The average molecular weight is 383 g/mol. The summed E-state index contributed by atoms with van der Waals surface area (Å²) in [7, 11) is 1.54. The number of benzene rings is 2. The summed E-state index contributed by atoms with van der Waals surface area (Å²) in [6.07, 6.45) is -0.0941. The summed E-state index contributed by atoms with van der Waals surface area (Å²) in [5.74, 6) is -0.538. The highest BCUT2D eigenvalue weighted by Crippen LogP contribution is 2.29. The lowest BCUT2D eigenvalue weighted by atomic mass is 9.85. The number of carbonyl (C=O) groups is 2. The fraction of sp³-hybridized carbons (Fsp3) is 0.391. The van der Waals surface area contributed by atoms with Gasteiger partial charge in [0.1, 0.15) is 5.75 Å². The number of anilines is 1. The minimum absolute atomic E-state index is 0.0991. The maximum Gasteiger partial charge on any atom is 0.314 e. The van der Waals surface area contributed by atoms with Gasteiger partial charge in [-0.25, -0.2) is 0 Å². The second-order valence-electron chi connectivity index (χ2n) is 7.05. The molecule has 0 aliphatic carbocycles. The Labute approximate surface area is 167 Å². The molecule has 1 amide bonds. The molecule has 0 spiro atoms. The third kappa shape index (κ3) is 5.35. The molecule has 150 valence electrons. The minimum Gasteiger partial charge on any atom is -0.495 e. The van der Waals surface area contributed by atoms with E-state index in [9.17, 15) is 9.59 Å². The van der Waals surface area contributed by atoms with Gasteiger partial charge in [-0.3, -0.25) is 9.59 Å². The molecule has 5 heteroatoms. The van der Waals surface area contributed by atoms with E-state index in [1.807, 2.05) is 63.2 Å². The predicted molar refractivity (Wildman–Crippen MR) is 111 cm³/mol. The standard InChI is InChI=1S/C23H29NO4/c1-6-16(3)21(18-10-8-7-9-11-18)23(26)28-17(4)22(25)24-19-14-15(2)12-13-20(19)27-5/h7-14,16-17,21H,6H2,1-5H3,(H,24,25)/t16-,17-,21+/m0/s1. The Morgan fingerprint density at radius 1 is 1.07 bits per heavy atom. The van der Waals surface area contributed by atoms with Crippen LogP contribution in [0.25, 0.3) is 0 Å². The quantitative estimate of drug-likeness (QED) is 0.671. The molecular weight excluding hydrogens is 354 g/mol. The highest BCUT2D eigenvalue weighted by Gasteiger charge is 2.30. The number of hydrogen-bond acceptors (Lipinski definition) is 4. The fourth-order valence-electron chi connectivity index (χ4n) is 3.05. The van der Waals surface area contributed by atoms with Crippen molar-refractivity contribution in [2.75, 3.05) is 12.4 Å². The molecule has 5 nitrogen and oxygen atoms in total. The van der Waals surface area contributed by atoms with Gasteiger partial charge in [0.15, 0.2) is 6.10 Å². The van der Waals surface area contributed by atoms with Crippen LogP contribution < -0.4 is 10.1 Å².